The van der Waals surface area contributed by atoms with E-state index in [-0.39, 0.29) is 16.8 Å². The van der Waals surface area contributed by atoms with E-state index in [1.54, 1.807) is 24.4 Å². The molecule has 140 valence electrons. The lowest BCUT2D eigenvalue weighted by Gasteiger charge is -2.23. The molecule has 0 unspecified atom stereocenters. The van der Waals surface area contributed by atoms with Gasteiger partial charge in [-0.3, -0.25) is 9.48 Å². The van der Waals surface area contributed by atoms with Crippen molar-refractivity contribution in [3.8, 4) is 0 Å². The van der Waals surface area contributed by atoms with Gasteiger partial charge in [-0.2, -0.15) is 5.10 Å². The van der Waals surface area contributed by atoms with Crippen molar-refractivity contribution in [3.05, 3.63) is 46.6 Å². The summed E-state index contributed by atoms with van der Waals surface area (Å²) in [6.07, 6.45) is 3.39. The summed E-state index contributed by atoms with van der Waals surface area (Å²) in [6, 6.07) is 7.26. The number of ether oxygens (including phenoxy) is 1. The van der Waals surface area contributed by atoms with Crippen molar-refractivity contribution in [2.75, 3.05) is 18.5 Å². The number of nitrogens with zero attached hydrogens (tertiary/aromatic N) is 2. The first-order chi connectivity index (χ1) is 13.0. The average molecular weight is 385 g/mol. The maximum Gasteiger partial charge on any atom is 0.345 e. The summed E-state index contributed by atoms with van der Waals surface area (Å²) in [5, 5.41) is 17.2. The van der Waals surface area contributed by atoms with Crippen LogP contribution in [0.2, 0.25) is 0 Å². The molecule has 0 aliphatic carbocycles. The van der Waals surface area contributed by atoms with Gasteiger partial charge in [-0.15, -0.1) is 11.3 Å². The first-order valence-electron chi connectivity index (χ1n) is 8.73. The number of thiophene rings is 1. The highest BCUT2D eigenvalue weighted by atomic mass is 32.1. The molecule has 1 aromatic carbocycles. The van der Waals surface area contributed by atoms with Gasteiger partial charge in [0.15, 0.2) is 0 Å². The van der Waals surface area contributed by atoms with E-state index in [9.17, 15) is 9.59 Å². The Balaban J connectivity index is 1.54. The lowest BCUT2D eigenvalue weighted by Crippen LogP contribution is -2.22. The van der Waals surface area contributed by atoms with E-state index in [2.05, 4.69) is 10.4 Å². The molecule has 3 heterocycles. The topological polar surface area (TPSA) is 93.5 Å². The second-order valence-corrected chi connectivity index (χ2v) is 7.64. The number of carboxylic acids is 1. The van der Waals surface area contributed by atoms with Crippen LogP contribution in [0.15, 0.2) is 30.5 Å². The quantitative estimate of drug-likeness (QED) is 0.714. The van der Waals surface area contributed by atoms with Crippen LogP contribution in [0.3, 0.4) is 0 Å². The average Bonchev–Trinajstić information content (AvgIpc) is 3.25. The summed E-state index contributed by atoms with van der Waals surface area (Å²) in [5.41, 5.74) is 2.00. The summed E-state index contributed by atoms with van der Waals surface area (Å²) in [6.45, 7) is 3.33. The number of carbonyl (C=O) groups excluding carboxylic acids is 1. The van der Waals surface area contributed by atoms with E-state index >= 15 is 0 Å². The number of aromatic nitrogens is 2. The molecule has 0 radical (unpaired) electrons. The van der Waals surface area contributed by atoms with E-state index in [0.29, 0.717) is 24.5 Å². The minimum Gasteiger partial charge on any atom is -0.477 e. The predicted molar refractivity (Wildman–Crippen MR) is 103 cm³/mol. The standard InChI is InChI=1S/C19H19N3O4S/c1-11-15(10-20-22(11)14-4-6-26-7-5-14)18(23)21-13-2-3-16-12(8-13)9-17(27-16)19(24)25/h2-3,8-10,14H,4-7H2,1H3,(H,21,23)(H,24,25). The fourth-order valence-corrected chi connectivity index (χ4v) is 4.25. The number of hydrogen-bond donors (Lipinski definition) is 2. The van der Waals surface area contributed by atoms with Crippen LogP contribution in [0.4, 0.5) is 5.69 Å². The second-order valence-electron chi connectivity index (χ2n) is 6.55. The summed E-state index contributed by atoms with van der Waals surface area (Å²) in [5.74, 6) is -1.17. The summed E-state index contributed by atoms with van der Waals surface area (Å²) in [4.78, 5) is 24.1. The van der Waals surface area contributed by atoms with Crippen molar-refractivity contribution < 1.29 is 19.4 Å². The molecule has 2 aromatic heterocycles. The Bertz CT molecular complexity index is 1020. The zero-order chi connectivity index (χ0) is 19.0. The molecular weight excluding hydrogens is 366 g/mol. The van der Waals surface area contributed by atoms with Gasteiger partial charge in [-0.1, -0.05) is 0 Å². The van der Waals surface area contributed by atoms with E-state index in [4.69, 9.17) is 9.84 Å². The van der Waals surface area contributed by atoms with Crippen LogP contribution in [0.25, 0.3) is 10.1 Å². The van der Waals surface area contributed by atoms with Crippen molar-refractivity contribution in [2.45, 2.75) is 25.8 Å². The number of anilines is 1. The first-order valence-corrected chi connectivity index (χ1v) is 9.54. The third-order valence-electron chi connectivity index (χ3n) is 4.81. The van der Waals surface area contributed by atoms with Gasteiger partial charge in [-0.05, 0) is 49.4 Å². The molecule has 1 aliphatic heterocycles. The van der Waals surface area contributed by atoms with Crippen LogP contribution < -0.4 is 5.32 Å². The first kappa shape index (κ1) is 17.7. The number of aromatic carboxylic acids is 1. The lowest BCUT2D eigenvalue weighted by molar-refractivity contribution is 0.0656. The van der Waals surface area contributed by atoms with Crippen LogP contribution in [-0.4, -0.2) is 40.0 Å². The normalized spacial score (nSPS) is 15.1. The molecule has 2 N–H and O–H groups in total. The molecule has 4 rings (SSSR count). The van der Waals surface area contributed by atoms with Gasteiger partial charge in [0.25, 0.3) is 5.91 Å². The molecule has 1 aliphatic rings. The minimum atomic E-state index is -0.946. The van der Waals surface area contributed by atoms with Gasteiger partial charge in [0.2, 0.25) is 0 Å². The Morgan fingerprint density at radius 2 is 2.07 bits per heavy atom. The van der Waals surface area contributed by atoms with Crippen LogP contribution >= 0.6 is 11.3 Å². The zero-order valence-corrected chi connectivity index (χ0v) is 15.6. The van der Waals surface area contributed by atoms with Gasteiger partial charge in [-0.25, -0.2) is 4.79 Å². The Labute approximate surface area is 159 Å². The van der Waals surface area contributed by atoms with E-state index in [1.807, 2.05) is 17.7 Å². The summed E-state index contributed by atoms with van der Waals surface area (Å²) in [7, 11) is 0. The van der Waals surface area contributed by atoms with Crippen LogP contribution in [0.1, 0.15) is 44.6 Å². The second kappa shape index (κ2) is 7.13. The Hall–Kier alpha value is -2.71. The number of carboxylic acid groups (broad SMARTS) is 1. The molecule has 1 amide bonds. The third-order valence-corrected chi connectivity index (χ3v) is 5.92. The van der Waals surface area contributed by atoms with E-state index in [1.165, 1.54) is 11.3 Å². The molecule has 0 saturated carbocycles. The maximum absolute atomic E-state index is 12.7. The van der Waals surface area contributed by atoms with Crippen molar-refractivity contribution in [3.63, 3.8) is 0 Å². The van der Waals surface area contributed by atoms with Crippen LogP contribution in [-0.2, 0) is 4.74 Å². The summed E-state index contributed by atoms with van der Waals surface area (Å²) < 4.78 is 8.17. The van der Waals surface area contributed by atoms with E-state index in [0.717, 1.165) is 28.6 Å². The van der Waals surface area contributed by atoms with Gasteiger partial charge >= 0.3 is 5.97 Å². The smallest absolute Gasteiger partial charge is 0.345 e. The number of benzene rings is 1. The molecule has 3 aromatic rings. The zero-order valence-electron chi connectivity index (χ0n) is 14.8. The molecule has 8 heteroatoms. The SMILES string of the molecule is Cc1c(C(=O)Nc2ccc3sc(C(=O)O)cc3c2)cnn1C1CCOCC1. The highest BCUT2D eigenvalue weighted by molar-refractivity contribution is 7.20. The van der Waals surface area contributed by atoms with Gasteiger partial charge in [0, 0.05) is 29.3 Å². The number of amides is 1. The van der Waals surface area contributed by atoms with Crippen LogP contribution in [0.5, 0.6) is 0 Å². The number of fused-ring (bicyclic) bond motifs is 1. The highest BCUT2D eigenvalue weighted by Crippen LogP contribution is 2.29. The highest BCUT2D eigenvalue weighted by Gasteiger charge is 2.22. The molecule has 7 nitrogen and oxygen atoms in total. The third kappa shape index (κ3) is 3.45. The van der Waals surface area contributed by atoms with E-state index < -0.39 is 5.97 Å². The van der Waals surface area contributed by atoms with Crippen LogP contribution in [0, 0.1) is 6.92 Å². The fraction of sp³-hybridized carbons (Fsp3) is 0.316. The molecule has 1 fully saturated rings. The molecule has 27 heavy (non-hydrogen) atoms. The number of hydrogen-bond acceptors (Lipinski definition) is 5. The van der Waals surface area contributed by atoms with Crippen molar-refractivity contribution in [2.24, 2.45) is 0 Å². The van der Waals surface area contributed by atoms with Crippen molar-refractivity contribution >= 4 is 39.0 Å². The van der Waals surface area contributed by atoms with Crippen molar-refractivity contribution in [1.82, 2.24) is 9.78 Å². The molecular formula is C19H19N3O4S. The molecule has 0 spiro atoms. The largest absolute Gasteiger partial charge is 0.477 e. The lowest BCUT2D eigenvalue weighted by atomic mass is 10.1. The predicted octanol–water partition coefficient (Wildman–Crippen LogP) is 3.71. The number of carbonyl (C=O) groups is 2. The van der Waals surface area contributed by atoms with Gasteiger partial charge < -0.3 is 15.2 Å². The van der Waals surface area contributed by atoms with Gasteiger partial charge in [0.1, 0.15) is 4.88 Å². The number of rotatable bonds is 4. The molecule has 0 atom stereocenters. The molecule has 0 bridgehead atoms. The maximum atomic E-state index is 12.7. The fourth-order valence-electron chi connectivity index (χ4n) is 3.37. The Morgan fingerprint density at radius 1 is 1.30 bits per heavy atom. The molecule has 1 saturated heterocycles. The Morgan fingerprint density at radius 3 is 2.81 bits per heavy atom. The monoisotopic (exact) mass is 385 g/mol. The Kier molecular flexibility index (Phi) is 4.67. The minimum absolute atomic E-state index is 0.223. The summed E-state index contributed by atoms with van der Waals surface area (Å²) >= 11 is 1.22. The number of nitrogens with one attached hydrogen (secondary N) is 1. The van der Waals surface area contributed by atoms with Crippen molar-refractivity contribution in [1.29, 1.82) is 0 Å². The van der Waals surface area contributed by atoms with Gasteiger partial charge in [0.05, 0.1) is 17.8 Å².